The molecule has 6 nitrogen and oxygen atoms in total. The van der Waals surface area contributed by atoms with Gasteiger partial charge in [0.1, 0.15) is 9.22 Å². The number of halogens is 1. The number of nitrogens with zero attached hydrogens (tertiary/aromatic N) is 3. The third kappa shape index (κ3) is 4.27. The minimum atomic E-state index is -3.73. The van der Waals surface area contributed by atoms with Crippen molar-refractivity contribution in [3.63, 3.8) is 0 Å². The quantitative estimate of drug-likeness (QED) is 0.553. The van der Waals surface area contributed by atoms with E-state index in [0.717, 1.165) is 20.8 Å². The van der Waals surface area contributed by atoms with Crippen molar-refractivity contribution in [1.29, 1.82) is 0 Å². The summed E-state index contributed by atoms with van der Waals surface area (Å²) in [5.41, 5.74) is 0.959. The lowest BCUT2D eigenvalue weighted by Gasteiger charge is -2.32. The van der Waals surface area contributed by atoms with E-state index in [1.165, 1.54) is 27.0 Å². The van der Waals surface area contributed by atoms with Crippen molar-refractivity contribution in [2.45, 2.75) is 36.9 Å². The zero-order chi connectivity index (χ0) is 21.7. The fourth-order valence-corrected chi connectivity index (χ4v) is 7.43. The first-order valence-corrected chi connectivity index (χ1v) is 13.0. The Morgan fingerprint density at radius 2 is 1.97 bits per heavy atom. The van der Waals surface area contributed by atoms with E-state index >= 15 is 0 Å². The number of piperazine rings is 1. The average Bonchev–Trinajstić information content (AvgIpc) is 3.30. The van der Waals surface area contributed by atoms with Crippen LogP contribution >= 0.6 is 34.3 Å². The summed E-state index contributed by atoms with van der Waals surface area (Å²) in [5.74, 6) is -0.207. The van der Waals surface area contributed by atoms with Crippen LogP contribution in [0, 0.1) is 0 Å². The third-order valence-electron chi connectivity index (χ3n) is 4.98. The van der Waals surface area contributed by atoms with Crippen LogP contribution in [0.3, 0.4) is 0 Å². The lowest BCUT2D eigenvalue weighted by molar-refractivity contribution is -0.134. The van der Waals surface area contributed by atoms with Gasteiger partial charge in [-0.2, -0.15) is 4.31 Å². The summed E-state index contributed by atoms with van der Waals surface area (Å²) >= 11 is 8.72. The lowest BCUT2D eigenvalue weighted by Crippen LogP contribution is -2.51. The molecule has 0 spiro atoms. The summed E-state index contributed by atoms with van der Waals surface area (Å²) in [6.07, 6.45) is 0. The summed E-state index contributed by atoms with van der Waals surface area (Å²) in [5, 5.41) is 4.28. The highest BCUT2D eigenvalue weighted by molar-refractivity contribution is 7.91. The first-order valence-electron chi connectivity index (χ1n) is 9.46. The van der Waals surface area contributed by atoms with Crippen LogP contribution in [0.25, 0.3) is 10.1 Å². The van der Waals surface area contributed by atoms with Gasteiger partial charge in [-0.3, -0.25) is 4.79 Å². The molecule has 0 unspecified atom stereocenters. The van der Waals surface area contributed by atoms with Crippen LogP contribution in [0.15, 0.2) is 33.9 Å². The minimum absolute atomic E-state index is 0.0417. The Morgan fingerprint density at radius 3 is 2.63 bits per heavy atom. The highest BCUT2D eigenvalue weighted by Crippen LogP contribution is 2.33. The van der Waals surface area contributed by atoms with Gasteiger partial charge in [-0.05, 0) is 23.6 Å². The zero-order valence-corrected chi connectivity index (χ0v) is 20.1. The van der Waals surface area contributed by atoms with E-state index in [0.29, 0.717) is 18.1 Å². The molecule has 0 atom stereocenters. The molecule has 30 heavy (non-hydrogen) atoms. The smallest absolute Gasteiger partial charge is 0.253 e. The molecule has 0 radical (unpaired) electrons. The van der Waals surface area contributed by atoms with E-state index in [1.54, 1.807) is 29.2 Å². The fraction of sp³-hybridized carbons (Fsp3) is 0.400. The van der Waals surface area contributed by atoms with E-state index in [-0.39, 0.29) is 28.6 Å². The van der Waals surface area contributed by atoms with Crippen molar-refractivity contribution in [1.82, 2.24) is 14.2 Å². The lowest BCUT2D eigenvalue weighted by atomic mass is 9.93. The van der Waals surface area contributed by atoms with Gasteiger partial charge >= 0.3 is 0 Å². The molecule has 10 heteroatoms. The van der Waals surface area contributed by atoms with Crippen molar-refractivity contribution in [2.24, 2.45) is 0 Å². The molecule has 2 aromatic heterocycles. The van der Waals surface area contributed by atoms with Crippen molar-refractivity contribution in [3.05, 3.63) is 45.4 Å². The van der Waals surface area contributed by atoms with Gasteiger partial charge in [-0.1, -0.05) is 38.4 Å². The van der Waals surface area contributed by atoms with Crippen LogP contribution in [0.1, 0.15) is 31.5 Å². The first-order chi connectivity index (χ1) is 14.0. The van der Waals surface area contributed by atoms with Gasteiger partial charge in [0.2, 0.25) is 5.91 Å². The molecule has 160 valence electrons. The summed E-state index contributed by atoms with van der Waals surface area (Å²) in [6.45, 7) is 7.16. The molecule has 0 saturated carbocycles. The monoisotopic (exact) mass is 483 g/mol. The molecular weight excluding hydrogens is 462 g/mol. The van der Waals surface area contributed by atoms with Gasteiger partial charge in [-0.25, -0.2) is 13.4 Å². The van der Waals surface area contributed by atoms with E-state index < -0.39 is 10.0 Å². The number of hydrogen-bond acceptors (Lipinski definition) is 6. The largest absolute Gasteiger partial charge is 0.333 e. The summed E-state index contributed by atoms with van der Waals surface area (Å²) in [4.78, 5) is 19.0. The van der Waals surface area contributed by atoms with Gasteiger partial charge < -0.3 is 4.90 Å². The maximum Gasteiger partial charge on any atom is 0.253 e. The maximum atomic E-state index is 13.1. The normalized spacial score (nSPS) is 16.5. The number of thiophene rings is 1. The Bertz CT molecular complexity index is 1210. The van der Waals surface area contributed by atoms with Crippen LogP contribution in [0.2, 0.25) is 5.02 Å². The standard InChI is InChI=1S/C20H22ClN3O3S3/c1-20(2,3)16-12-28-17(22-16)10-23-6-7-24(11-18(23)25)30(26,27)19-8-13-4-5-14(21)9-15(13)29-19/h4-5,8-9,12H,6-7,10-11H2,1-3H3. The molecule has 3 aromatic rings. The van der Waals surface area contributed by atoms with Gasteiger partial charge in [0, 0.05) is 33.6 Å². The number of fused-ring (bicyclic) bond motifs is 1. The number of benzene rings is 1. The van der Waals surface area contributed by atoms with Crippen LogP contribution in [-0.4, -0.2) is 48.1 Å². The SMILES string of the molecule is CC(C)(C)c1csc(CN2CCN(S(=O)(=O)c3cc4ccc(Cl)cc4s3)CC2=O)n1. The highest BCUT2D eigenvalue weighted by atomic mass is 35.5. The van der Waals surface area contributed by atoms with Gasteiger partial charge in [-0.15, -0.1) is 22.7 Å². The second-order valence-corrected chi connectivity index (χ2v) is 12.9. The third-order valence-corrected chi connectivity index (χ3v) is 9.44. The first kappa shape index (κ1) is 21.7. The Balaban J connectivity index is 1.47. The molecule has 0 bridgehead atoms. The van der Waals surface area contributed by atoms with Crippen molar-refractivity contribution in [2.75, 3.05) is 19.6 Å². The number of carbonyl (C=O) groups excluding carboxylic acids is 1. The molecule has 3 heterocycles. The Hall–Kier alpha value is -1.52. The second-order valence-electron chi connectivity index (χ2n) is 8.28. The molecular formula is C20H22ClN3O3S3. The molecule has 1 amide bonds. The molecule has 1 aromatic carbocycles. The minimum Gasteiger partial charge on any atom is -0.333 e. The molecule has 0 N–H and O–H groups in total. The van der Waals surface area contributed by atoms with E-state index in [4.69, 9.17) is 11.6 Å². The number of aromatic nitrogens is 1. The number of hydrogen-bond donors (Lipinski definition) is 0. The molecule has 1 fully saturated rings. The van der Waals surface area contributed by atoms with E-state index in [2.05, 4.69) is 25.8 Å². The van der Waals surface area contributed by atoms with E-state index in [9.17, 15) is 13.2 Å². The molecule has 1 aliphatic rings. The number of carbonyl (C=O) groups is 1. The van der Waals surface area contributed by atoms with Gasteiger partial charge in [0.05, 0.1) is 18.8 Å². The van der Waals surface area contributed by atoms with Crippen molar-refractivity contribution in [3.8, 4) is 0 Å². The molecule has 4 rings (SSSR count). The average molecular weight is 484 g/mol. The summed E-state index contributed by atoms with van der Waals surface area (Å²) in [6, 6.07) is 6.94. The predicted molar refractivity (Wildman–Crippen MR) is 122 cm³/mol. The van der Waals surface area contributed by atoms with Crippen LogP contribution in [0.4, 0.5) is 0 Å². The molecule has 0 aliphatic carbocycles. The summed E-state index contributed by atoms with van der Waals surface area (Å²) in [7, 11) is -3.73. The fourth-order valence-electron chi connectivity index (χ4n) is 3.19. The van der Waals surface area contributed by atoms with Gasteiger partial charge in [0.25, 0.3) is 10.0 Å². The van der Waals surface area contributed by atoms with Crippen LogP contribution in [-0.2, 0) is 26.8 Å². The predicted octanol–water partition coefficient (Wildman–Crippen LogP) is 4.34. The van der Waals surface area contributed by atoms with Crippen LogP contribution < -0.4 is 0 Å². The number of amides is 1. The Morgan fingerprint density at radius 1 is 1.20 bits per heavy atom. The number of thiazole rings is 1. The second kappa shape index (κ2) is 7.87. The number of rotatable bonds is 4. The van der Waals surface area contributed by atoms with E-state index in [1.807, 2.05) is 5.38 Å². The topological polar surface area (TPSA) is 70.6 Å². The Labute approximate surface area is 189 Å². The summed E-state index contributed by atoms with van der Waals surface area (Å²) < 4.78 is 28.5. The van der Waals surface area contributed by atoms with Crippen molar-refractivity contribution >= 4 is 60.3 Å². The zero-order valence-electron chi connectivity index (χ0n) is 16.9. The maximum absolute atomic E-state index is 13.1. The molecule has 1 saturated heterocycles. The van der Waals surface area contributed by atoms with Gasteiger partial charge in [0.15, 0.2) is 0 Å². The Kier molecular flexibility index (Phi) is 5.69. The highest BCUT2D eigenvalue weighted by Gasteiger charge is 2.34. The van der Waals surface area contributed by atoms with Crippen molar-refractivity contribution < 1.29 is 13.2 Å². The molecule has 1 aliphatic heterocycles. The number of sulfonamides is 1. The van der Waals surface area contributed by atoms with Crippen LogP contribution in [0.5, 0.6) is 0 Å².